The molecular weight excluding hydrogens is 237 g/mol. The van der Waals surface area contributed by atoms with Crippen molar-refractivity contribution in [1.29, 1.82) is 0 Å². The summed E-state index contributed by atoms with van der Waals surface area (Å²) in [5.41, 5.74) is 0. The number of carbonyl (C=O) groups excluding carboxylic acids is 1. The van der Waals surface area contributed by atoms with Gasteiger partial charge in [-0.05, 0) is 43.8 Å². The highest BCUT2D eigenvalue weighted by Crippen LogP contribution is 2.31. The quantitative estimate of drug-likeness (QED) is 0.596. The number of nitrogens with one attached hydrogen (secondary N) is 1. The Morgan fingerprint density at radius 2 is 2.13 bits per heavy atom. The first kappa shape index (κ1) is 13.2. The second-order valence-corrected chi connectivity index (χ2v) is 5.55. The van der Waals surface area contributed by atoms with Crippen LogP contribution in [0.3, 0.4) is 0 Å². The number of halogens is 1. The molecule has 4 nitrogen and oxygen atoms in total. The van der Waals surface area contributed by atoms with Gasteiger partial charge in [0.25, 0.3) is 0 Å². The van der Waals surface area contributed by atoms with E-state index in [-0.39, 0.29) is 12.1 Å². The van der Waals surface area contributed by atoms with Crippen molar-refractivity contribution in [1.82, 2.24) is 5.09 Å². The van der Waals surface area contributed by atoms with Gasteiger partial charge in [-0.1, -0.05) is 6.42 Å². The molecule has 1 aliphatic rings. The molecule has 2 atom stereocenters. The summed E-state index contributed by atoms with van der Waals surface area (Å²) in [5, 5.41) is 2.54. The molecule has 0 heterocycles. The van der Waals surface area contributed by atoms with Crippen LogP contribution < -0.4 is 5.09 Å². The van der Waals surface area contributed by atoms with Gasteiger partial charge in [0.2, 0.25) is 7.65 Å². The maximum atomic E-state index is 11.5. The van der Waals surface area contributed by atoms with Crippen molar-refractivity contribution in [3.63, 3.8) is 0 Å². The molecule has 0 aromatic rings. The highest BCUT2D eigenvalue weighted by molar-refractivity contribution is 7.77. The minimum absolute atomic E-state index is 0.0516. The average molecular weight is 254 g/mol. The van der Waals surface area contributed by atoms with Crippen LogP contribution in [-0.2, 0) is 9.53 Å². The molecule has 0 saturated heterocycles. The number of ether oxygens (including phenoxy) is 1. The molecule has 1 fully saturated rings. The van der Waals surface area contributed by atoms with Crippen LogP contribution in [0, 0.1) is 0 Å². The second kappa shape index (κ2) is 6.64. The van der Waals surface area contributed by atoms with Gasteiger partial charge in [0.1, 0.15) is 12.1 Å². The third-order valence-corrected chi connectivity index (χ3v) is 3.38. The van der Waals surface area contributed by atoms with Gasteiger partial charge in [-0.2, -0.15) is 0 Å². The molecule has 0 radical (unpaired) electrons. The second-order valence-electron chi connectivity index (χ2n) is 3.81. The molecule has 0 aromatic heterocycles. The Balaban J connectivity index is 2.27. The van der Waals surface area contributed by atoms with E-state index in [4.69, 9.17) is 20.9 Å². The first-order valence-corrected chi connectivity index (χ1v) is 7.41. The van der Waals surface area contributed by atoms with Crippen LogP contribution >= 0.6 is 18.9 Å². The number of hydrogen-bond acceptors (Lipinski definition) is 4. The van der Waals surface area contributed by atoms with Crippen LogP contribution in [0.4, 0.5) is 0 Å². The Bertz CT molecular complexity index is 210. The number of esters is 1. The lowest BCUT2D eigenvalue weighted by atomic mass is 9.98. The fraction of sp³-hybridized carbons (Fsp3) is 0.889. The standard InChI is InChI=1S/C9H17ClNO3P/c1-7(11-15(10)13)9(12)14-8-5-3-2-4-6-8/h7-8,11,13H,2-6H2,1H3/t7-,15?/m0/s1. The van der Waals surface area contributed by atoms with Crippen LogP contribution in [0.2, 0.25) is 0 Å². The van der Waals surface area contributed by atoms with Crippen molar-refractivity contribution in [2.24, 2.45) is 0 Å². The normalized spacial score (nSPS) is 22.1. The maximum Gasteiger partial charge on any atom is 0.323 e. The molecule has 6 heteroatoms. The first-order valence-electron chi connectivity index (χ1n) is 5.21. The van der Waals surface area contributed by atoms with Crippen LogP contribution in [0.25, 0.3) is 0 Å². The molecule has 0 spiro atoms. The predicted octanol–water partition coefficient (Wildman–Crippen LogP) is 2.30. The van der Waals surface area contributed by atoms with Gasteiger partial charge < -0.3 is 9.63 Å². The van der Waals surface area contributed by atoms with Crippen LogP contribution in [0.5, 0.6) is 0 Å². The zero-order chi connectivity index (χ0) is 11.3. The van der Waals surface area contributed by atoms with Crippen LogP contribution in [-0.4, -0.2) is 23.0 Å². The van der Waals surface area contributed by atoms with Gasteiger partial charge in [-0.25, -0.2) is 5.09 Å². The van der Waals surface area contributed by atoms with Crippen molar-refractivity contribution in [2.75, 3.05) is 0 Å². The monoisotopic (exact) mass is 253 g/mol. The molecule has 1 rings (SSSR count). The predicted molar refractivity (Wildman–Crippen MR) is 60.6 cm³/mol. The van der Waals surface area contributed by atoms with Crippen LogP contribution in [0.1, 0.15) is 39.0 Å². The van der Waals surface area contributed by atoms with Crippen molar-refractivity contribution in [2.45, 2.75) is 51.2 Å². The Hall–Kier alpha value is 0.110. The lowest BCUT2D eigenvalue weighted by molar-refractivity contribution is -0.152. The lowest BCUT2D eigenvalue weighted by Crippen LogP contribution is -2.34. The van der Waals surface area contributed by atoms with Crippen molar-refractivity contribution in [3.8, 4) is 0 Å². The number of hydrogen-bond donors (Lipinski definition) is 2. The number of carbonyl (C=O) groups is 1. The molecule has 0 aromatic carbocycles. The summed E-state index contributed by atoms with van der Waals surface area (Å²) in [4.78, 5) is 20.4. The minimum atomic E-state index is -1.77. The Morgan fingerprint density at radius 3 is 2.67 bits per heavy atom. The Morgan fingerprint density at radius 1 is 1.53 bits per heavy atom. The van der Waals surface area contributed by atoms with Crippen molar-refractivity contribution in [3.05, 3.63) is 0 Å². The van der Waals surface area contributed by atoms with Crippen LogP contribution in [0.15, 0.2) is 0 Å². The maximum absolute atomic E-state index is 11.5. The van der Waals surface area contributed by atoms with Gasteiger partial charge in [-0.15, -0.1) is 0 Å². The molecule has 1 aliphatic carbocycles. The topological polar surface area (TPSA) is 58.6 Å². The summed E-state index contributed by atoms with van der Waals surface area (Å²) in [5.74, 6) is -0.330. The lowest BCUT2D eigenvalue weighted by Gasteiger charge is -2.23. The van der Waals surface area contributed by atoms with E-state index in [0.29, 0.717) is 0 Å². The molecule has 0 aliphatic heterocycles. The van der Waals surface area contributed by atoms with E-state index in [1.807, 2.05) is 0 Å². The van der Waals surface area contributed by atoms with E-state index in [9.17, 15) is 4.79 Å². The van der Waals surface area contributed by atoms with Gasteiger partial charge in [0, 0.05) is 0 Å². The van der Waals surface area contributed by atoms with E-state index >= 15 is 0 Å². The first-order chi connectivity index (χ1) is 7.09. The highest BCUT2D eigenvalue weighted by atomic mass is 35.7. The SMILES string of the molecule is C[C@H](NP(O)Cl)C(=O)OC1CCCCC1. The van der Waals surface area contributed by atoms with Crippen molar-refractivity contribution >= 4 is 24.9 Å². The van der Waals surface area contributed by atoms with Gasteiger partial charge in [0.05, 0.1) is 0 Å². The third-order valence-electron chi connectivity index (χ3n) is 2.49. The third kappa shape index (κ3) is 5.12. The molecule has 1 unspecified atom stereocenters. The van der Waals surface area contributed by atoms with Gasteiger partial charge in [-0.3, -0.25) is 4.79 Å². The summed E-state index contributed by atoms with van der Waals surface area (Å²) in [6.45, 7) is 1.64. The average Bonchev–Trinajstić information content (AvgIpc) is 2.18. The van der Waals surface area contributed by atoms with E-state index in [2.05, 4.69) is 5.09 Å². The van der Waals surface area contributed by atoms with Gasteiger partial charge in [0.15, 0.2) is 0 Å². The largest absolute Gasteiger partial charge is 0.461 e. The molecule has 1 saturated carbocycles. The fourth-order valence-corrected chi connectivity index (χ4v) is 2.53. The molecule has 2 N–H and O–H groups in total. The molecule has 88 valence electrons. The summed E-state index contributed by atoms with van der Waals surface area (Å²) in [6, 6.07) is -0.541. The summed E-state index contributed by atoms with van der Waals surface area (Å²) < 4.78 is 5.29. The van der Waals surface area contributed by atoms with E-state index in [0.717, 1.165) is 25.7 Å². The van der Waals surface area contributed by atoms with E-state index < -0.39 is 13.7 Å². The molecular formula is C9H17ClNO3P. The highest BCUT2D eigenvalue weighted by Gasteiger charge is 2.22. The Kier molecular flexibility index (Phi) is 5.83. The zero-order valence-electron chi connectivity index (χ0n) is 8.78. The fourth-order valence-electron chi connectivity index (χ4n) is 1.66. The zero-order valence-corrected chi connectivity index (χ0v) is 10.4. The Labute approximate surface area is 96.0 Å². The minimum Gasteiger partial charge on any atom is -0.461 e. The molecule has 0 bridgehead atoms. The van der Waals surface area contributed by atoms with E-state index in [1.165, 1.54) is 6.42 Å². The summed E-state index contributed by atoms with van der Waals surface area (Å²) in [6.07, 6.45) is 5.44. The number of rotatable bonds is 4. The van der Waals surface area contributed by atoms with E-state index in [1.54, 1.807) is 6.92 Å². The smallest absolute Gasteiger partial charge is 0.323 e. The summed E-state index contributed by atoms with van der Waals surface area (Å²) >= 11 is 5.36. The van der Waals surface area contributed by atoms with Crippen molar-refractivity contribution < 1.29 is 14.4 Å². The van der Waals surface area contributed by atoms with Gasteiger partial charge >= 0.3 is 5.97 Å². The summed E-state index contributed by atoms with van der Waals surface area (Å²) in [7, 11) is -1.77. The molecule has 15 heavy (non-hydrogen) atoms. The molecule has 0 amide bonds.